The van der Waals surface area contributed by atoms with Crippen LogP contribution < -0.4 is 10.2 Å². The van der Waals surface area contributed by atoms with E-state index in [1.54, 1.807) is 33.8 Å². The fourth-order valence-electron chi connectivity index (χ4n) is 3.43. The largest absolute Gasteiger partial charge is 0.459 e. The summed E-state index contributed by atoms with van der Waals surface area (Å²) in [6.45, 7) is 6.93. The van der Waals surface area contributed by atoms with Crippen LogP contribution in [0.1, 0.15) is 38.8 Å². The SMILES string of the molecule is C[C@H](NC(=O)OC(C)(C)C)C(=O)N1c2ccccc2C[C@@H]1C(=O)OCc1ccccc1. The summed E-state index contributed by atoms with van der Waals surface area (Å²) in [6.07, 6.45) is -0.335. The maximum absolute atomic E-state index is 13.2. The zero-order valence-corrected chi connectivity index (χ0v) is 18.3. The summed E-state index contributed by atoms with van der Waals surface area (Å²) < 4.78 is 10.7. The van der Waals surface area contributed by atoms with Crippen molar-refractivity contribution in [3.63, 3.8) is 0 Å². The van der Waals surface area contributed by atoms with Crippen molar-refractivity contribution in [3.8, 4) is 0 Å². The minimum atomic E-state index is -0.884. The van der Waals surface area contributed by atoms with Crippen molar-refractivity contribution in [2.45, 2.75) is 58.4 Å². The predicted octanol–water partition coefficient (Wildman–Crippen LogP) is 3.60. The summed E-state index contributed by atoms with van der Waals surface area (Å²) in [7, 11) is 0. The lowest BCUT2D eigenvalue weighted by Crippen LogP contribution is -2.52. The fourth-order valence-corrected chi connectivity index (χ4v) is 3.43. The summed E-state index contributed by atoms with van der Waals surface area (Å²) in [5.41, 5.74) is 1.70. The Morgan fingerprint density at radius 3 is 2.39 bits per heavy atom. The highest BCUT2D eigenvalue weighted by atomic mass is 16.6. The maximum Gasteiger partial charge on any atom is 0.408 e. The first-order valence-electron chi connectivity index (χ1n) is 10.3. The van der Waals surface area contributed by atoms with E-state index < -0.39 is 35.7 Å². The van der Waals surface area contributed by atoms with Gasteiger partial charge in [0.05, 0.1) is 0 Å². The molecule has 0 radical (unpaired) electrons. The summed E-state index contributed by atoms with van der Waals surface area (Å²) in [6, 6.07) is 15.0. The fraction of sp³-hybridized carbons (Fsp3) is 0.375. The number of nitrogens with one attached hydrogen (secondary N) is 1. The molecule has 2 atom stereocenters. The van der Waals surface area contributed by atoms with Gasteiger partial charge >= 0.3 is 12.1 Å². The second kappa shape index (κ2) is 9.20. The number of para-hydroxylation sites is 1. The van der Waals surface area contributed by atoms with Gasteiger partial charge in [0.25, 0.3) is 0 Å². The highest BCUT2D eigenvalue weighted by Gasteiger charge is 2.41. The number of alkyl carbamates (subject to hydrolysis) is 1. The molecule has 0 saturated carbocycles. The van der Waals surface area contributed by atoms with Crippen LogP contribution in [-0.2, 0) is 32.1 Å². The van der Waals surface area contributed by atoms with Gasteiger partial charge in [-0.1, -0.05) is 48.5 Å². The summed E-state index contributed by atoms with van der Waals surface area (Å²) in [5.74, 6) is -0.893. The normalized spacial score (nSPS) is 16.3. The third-order valence-corrected chi connectivity index (χ3v) is 4.81. The number of carbonyl (C=O) groups excluding carboxylic acids is 3. The first-order valence-corrected chi connectivity index (χ1v) is 10.3. The third kappa shape index (κ3) is 5.63. The molecular weight excluding hydrogens is 396 g/mol. The number of amides is 2. The second-order valence-electron chi connectivity index (χ2n) is 8.52. The molecule has 1 N–H and O–H groups in total. The molecule has 0 unspecified atom stereocenters. The molecule has 0 aliphatic carbocycles. The van der Waals surface area contributed by atoms with Crippen molar-refractivity contribution in [3.05, 3.63) is 65.7 Å². The highest BCUT2D eigenvalue weighted by molar-refractivity contribution is 6.05. The molecule has 7 heteroatoms. The minimum Gasteiger partial charge on any atom is -0.459 e. The second-order valence-corrected chi connectivity index (χ2v) is 8.52. The van der Waals surface area contributed by atoms with Gasteiger partial charge in [-0.25, -0.2) is 9.59 Å². The lowest BCUT2D eigenvalue weighted by Gasteiger charge is -2.28. The van der Waals surface area contributed by atoms with Gasteiger partial charge in [0.15, 0.2) is 0 Å². The molecule has 2 aromatic rings. The Hall–Kier alpha value is -3.35. The van der Waals surface area contributed by atoms with Crippen LogP contribution in [0.4, 0.5) is 10.5 Å². The number of carbonyl (C=O) groups is 3. The van der Waals surface area contributed by atoms with Gasteiger partial charge in [-0.3, -0.25) is 9.69 Å². The van der Waals surface area contributed by atoms with Gasteiger partial charge in [0.1, 0.15) is 24.3 Å². The van der Waals surface area contributed by atoms with Crippen LogP contribution in [0.25, 0.3) is 0 Å². The molecule has 31 heavy (non-hydrogen) atoms. The molecular formula is C24H28N2O5. The van der Waals surface area contributed by atoms with Crippen LogP contribution in [0.3, 0.4) is 0 Å². The maximum atomic E-state index is 13.2. The van der Waals surface area contributed by atoms with E-state index in [1.165, 1.54) is 4.90 Å². The molecule has 0 saturated heterocycles. The van der Waals surface area contributed by atoms with E-state index in [-0.39, 0.29) is 6.61 Å². The molecule has 2 amide bonds. The van der Waals surface area contributed by atoms with E-state index in [2.05, 4.69) is 5.32 Å². The van der Waals surface area contributed by atoms with Crippen LogP contribution in [0, 0.1) is 0 Å². The number of fused-ring (bicyclic) bond motifs is 1. The summed E-state index contributed by atoms with van der Waals surface area (Å²) >= 11 is 0. The monoisotopic (exact) mass is 424 g/mol. The number of nitrogens with zero attached hydrogens (tertiary/aromatic N) is 1. The first-order chi connectivity index (χ1) is 14.7. The van der Waals surface area contributed by atoms with Gasteiger partial charge in [-0.05, 0) is 44.9 Å². The quantitative estimate of drug-likeness (QED) is 0.742. The van der Waals surface area contributed by atoms with E-state index in [9.17, 15) is 14.4 Å². The van der Waals surface area contributed by atoms with Crippen LogP contribution in [0.2, 0.25) is 0 Å². The lowest BCUT2D eigenvalue weighted by molar-refractivity contribution is -0.147. The van der Waals surface area contributed by atoms with Crippen LogP contribution in [-0.4, -0.2) is 35.7 Å². The van der Waals surface area contributed by atoms with Crippen LogP contribution in [0.15, 0.2) is 54.6 Å². The molecule has 0 spiro atoms. The van der Waals surface area contributed by atoms with Crippen molar-refractivity contribution in [1.82, 2.24) is 5.32 Å². The number of rotatable bonds is 5. The van der Waals surface area contributed by atoms with Gasteiger partial charge in [0.2, 0.25) is 5.91 Å². The Morgan fingerprint density at radius 2 is 1.71 bits per heavy atom. The van der Waals surface area contributed by atoms with Crippen molar-refractivity contribution < 1.29 is 23.9 Å². The lowest BCUT2D eigenvalue weighted by atomic mass is 10.1. The van der Waals surface area contributed by atoms with Gasteiger partial charge < -0.3 is 14.8 Å². The number of hydrogen-bond acceptors (Lipinski definition) is 5. The molecule has 2 aromatic carbocycles. The van der Waals surface area contributed by atoms with Gasteiger partial charge in [-0.2, -0.15) is 0 Å². The predicted molar refractivity (Wildman–Crippen MR) is 116 cm³/mol. The number of benzene rings is 2. The Morgan fingerprint density at radius 1 is 1.06 bits per heavy atom. The summed E-state index contributed by atoms with van der Waals surface area (Å²) in [4.78, 5) is 39.7. The van der Waals surface area contributed by atoms with Gasteiger partial charge in [-0.15, -0.1) is 0 Å². The molecule has 1 aliphatic heterocycles. The Balaban J connectivity index is 1.74. The molecule has 164 valence electrons. The molecule has 1 heterocycles. The molecule has 3 rings (SSSR count). The van der Waals surface area contributed by atoms with Crippen LogP contribution >= 0.6 is 0 Å². The third-order valence-electron chi connectivity index (χ3n) is 4.81. The number of anilines is 1. The highest BCUT2D eigenvalue weighted by Crippen LogP contribution is 2.33. The van der Waals surface area contributed by atoms with E-state index in [4.69, 9.17) is 9.47 Å². The topological polar surface area (TPSA) is 84.9 Å². The zero-order chi connectivity index (χ0) is 22.6. The standard InChI is InChI=1S/C24H28N2O5/c1-16(25-23(29)31-24(2,3)4)21(27)26-19-13-9-8-12-18(19)14-20(26)22(28)30-15-17-10-6-5-7-11-17/h5-13,16,20H,14-15H2,1-4H3,(H,25,29)/t16-,20+/m0/s1. The average molecular weight is 424 g/mol. The van der Waals surface area contributed by atoms with E-state index >= 15 is 0 Å². The van der Waals surface area contributed by atoms with E-state index in [0.29, 0.717) is 12.1 Å². The van der Waals surface area contributed by atoms with Crippen molar-refractivity contribution in [2.75, 3.05) is 4.90 Å². The van der Waals surface area contributed by atoms with Crippen LogP contribution in [0.5, 0.6) is 0 Å². The van der Waals surface area contributed by atoms with Crippen molar-refractivity contribution >= 4 is 23.7 Å². The first kappa shape index (κ1) is 22.3. The van der Waals surface area contributed by atoms with Crippen molar-refractivity contribution in [1.29, 1.82) is 0 Å². The molecule has 0 bridgehead atoms. The number of hydrogen-bond donors (Lipinski definition) is 1. The molecule has 0 aromatic heterocycles. The van der Waals surface area contributed by atoms with Gasteiger partial charge in [0, 0.05) is 12.1 Å². The summed E-state index contributed by atoms with van der Waals surface area (Å²) in [5, 5.41) is 2.56. The molecule has 0 fully saturated rings. The van der Waals surface area contributed by atoms with E-state index in [0.717, 1.165) is 11.1 Å². The Bertz CT molecular complexity index is 952. The van der Waals surface area contributed by atoms with E-state index in [1.807, 2.05) is 48.5 Å². The number of ether oxygens (including phenoxy) is 2. The Kier molecular flexibility index (Phi) is 6.63. The van der Waals surface area contributed by atoms with Crippen molar-refractivity contribution in [2.24, 2.45) is 0 Å². The average Bonchev–Trinajstić information content (AvgIpc) is 3.10. The number of esters is 1. The minimum absolute atomic E-state index is 0.125. The molecule has 7 nitrogen and oxygen atoms in total. The zero-order valence-electron chi connectivity index (χ0n) is 18.3. The Labute approximate surface area is 182 Å². The molecule has 1 aliphatic rings. The smallest absolute Gasteiger partial charge is 0.408 e.